The van der Waals surface area contributed by atoms with E-state index >= 15 is 0 Å². The van der Waals surface area contributed by atoms with Crippen molar-refractivity contribution in [1.82, 2.24) is 15.1 Å². The minimum absolute atomic E-state index is 0. The number of nitrogens with two attached hydrogens (primary N) is 1. The third-order valence-corrected chi connectivity index (χ3v) is 4.01. The molecule has 8 nitrogen and oxygen atoms in total. The fourth-order valence-electron chi connectivity index (χ4n) is 2.68. The maximum Gasteiger partial charge on any atom is 0.249 e. The fraction of sp³-hybridized carbons (Fsp3) is 0.353. The van der Waals surface area contributed by atoms with Crippen molar-refractivity contribution < 1.29 is 14.3 Å². The van der Waals surface area contributed by atoms with E-state index in [1.165, 1.54) is 0 Å². The predicted octanol–water partition coefficient (Wildman–Crippen LogP) is 0.855. The molecule has 0 bridgehead atoms. The summed E-state index contributed by atoms with van der Waals surface area (Å²) >= 11 is 0. The largest absolute Gasteiger partial charge is 0.364 e. The van der Waals surface area contributed by atoms with Gasteiger partial charge in [-0.3, -0.25) is 9.59 Å². The molecule has 0 spiro atoms. The number of hydrogen-bond acceptors (Lipinski definition) is 5. The first-order valence-electron chi connectivity index (χ1n) is 8.19. The van der Waals surface area contributed by atoms with Crippen molar-refractivity contribution in [3.63, 3.8) is 0 Å². The number of nitrogens with zero attached hydrogens (tertiary/aromatic N) is 2. The number of ether oxygens (including phenoxy) is 1. The van der Waals surface area contributed by atoms with E-state index in [2.05, 4.69) is 15.7 Å². The Kier molecular flexibility index (Phi) is 7.14. The first-order valence-corrected chi connectivity index (χ1v) is 8.19. The van der Waals surface area contributed by atoms with E-state index in [9.17, 15) is 9.59 Å². The monoisotopic (exact) mass is 379 g/mol. The highest BCUT2D eigenvalue weighted by Crippen LogP contribution is 2.18. The quantitative estimate of drug-likeness (QED) is 0.689. The number of rotatable bonds is 6. The van der Waals surface area contributed by atoms with Crippen molar-refractivity contribution in [3.8, 4) is 5.69 Å². The van der Waals surface area contributed by atoms with Crippen LogP contribution in [0.4, 0.5) is 5.69 Å². The highest BCUT2D eigenvalue weighted by Gasteiger charge is 2.29. The minimum atomic E-state index is -0.519. The van der Waals surface area contributed by atoms with E-state index in [1.54, 1.807) is 23.0 Å². The van der Waals surface area contributed by atoms with Crippen LogP contribution in [0.5, 0.6) is 0 Å². The second kappa shape index (κ2) is 9.33. The van der Waals surface area contributed by atoms with E-state index in [-0.39, 0.29) is 36.9 Å². The van der Waals surface area contributed by atoms with Gasteiger partial charge < -0.3 is 21.1 Å². The second-order valence-corrected chi connectivity index (χ2v) is 5.82. The lowest BCUT2D eigenvalue weighted by Crippen LogP contribution is -2.39. The molecule has 2 atom stereocenters. The average molecular weight is 380 g/mol. The lowest BCUT2D eigenvalue weighted by molar-refractivity contribution is -0.133. The molecular weight excluding hydrogens is 358 g/mol. The van der Waals surface area contributed by atoms with Gasteiger partial charge in [0.15, 0.2) is 0 Å². The molecule has 0 radical (unpaired) electrons. The van der Waals surface area contributed by atoms with Gasteiger partial charge in [-0.05, 0) is 43.2 Å². The topological polar surface area (TPSA) is 111 Å². The van der Waals surface area contributed by atoms with Crippen LogP contribution in [0.1, 0.15) is 12.8 Å². The van der Waals surface area contributed by atoms with Crippen LogP contribution < -0.4 is 16.4 Å². The zero-order valence-corrected chi connectivity index (χ0v) is 14.9. The van der Waals surface area contributed by atoms with E-state index in [4.69, 9.17) is 10.5 Å². The fourth-order valence-corrected chi connectivity index (χ4v) is 2.68. The van der Waals surface area contributed by atoms with Gasteiger partial charge in [-0.1, -0.05) is 0 Å². The number of carbonyl (C=O) groups is 2. The van der Waals surface area contributed by atoms with E-state index in [1.807, 2.05) is 24.4 Å². The molecule has 1 fully saturated rings. The summed E-state index contributed by atoms with van der Waals surface area (Å²) in [5.41, 5.74) is 7.06. The van der Waals surface area contributed by atoms with Gasteiger partial charge in [0.2, 0.25) is 11.8 Å². The molecule has 9 heteroatoms. The van der Waals surface area contributed by atoms with Gasteiger partial charge in [0, 0.05) is 24.6 Å². The van der Waals surface area contributed by atoms with E-state index < -0.39 is 6.10 Å². The van der Waals surface area contributed by atoms with Crippen LogP contribution in [0.25, 0.3) is 5.69 Å². The third kappa shape index (κ3) is 5.04. The Morgan fingerprint density at radius 3 is 2.65 bits per heavy atom. The Labute approximate surface area is 157 Å². The second-order valence-electron chi connectivity index (χ2n) is 5.82. The molecule has 1 aromatic heterocycles. The van der Waals surface area contributed by atoms with Crippen LogP contribution in [0, 0.1) is 0 Å². The molecule has 2 amide bonds. The van der Waals surface area contributed by atoms with Crippen LogP contribution in [-0.4, -0.2) is 46.9 Å². The van der Waals surface area contributed by atoms with Gasteiger partial charge in [0.25, 0.3) is 0 Å². The molecule has 1 aromatic carbocycles. The number of benzene rings is 1. The Bertz CT molecular complexity index is 721. The zero-order chi connectivity index (χ0) is 17.6. The summed E-state index contributed by atoms with van der Waals surface area (Å²) in [6, 6.07) is 9.09. The third-order valence-electron chi connectivity index (χ3n) is 4.01. The number of amides is 2. The number of nitrogens with one attached hydrogen (secondary N) is 2. The normalized spacial score (nSPS) is 18.8. The molecule has 0 unspecified atom stereocenters. The average Bonchev–Trinajstić information content (AvgIpc) is 3.32. The molecule has 4 N–H and O–H groups in total. The summed E-state index contributed by atoms with van der Waals surface area (Å²) in [6.07, 6.45) is 4.34. The smallest absolute Gasteiger partial charge is 0.249 e. The molecule has 1 saturated heterocycles. The van der Waals surface area contributed by atoms with Crippen molar-refractivity contribution in [2.45, 2.75) is 25.0 Å². The molecule has 0 saturated carbocycles. The predicted molar refractivity (Wildman–Crippen MR) is 99.4 cm³/mol. The van der Waals surface area contributed by atoms with Crippen LogP contribution >= 0.6 is 12.4 Å². The molecule has 2 aromatic rings. The maximum absolute atomic E-state index is 12.0. The maximum atomic E-state index is 12.0. The van der Waals surface area contributed by atoms with Gasteiger partial charge >= 0.3 is 0 Å². The highest BCUT2D eigenvalue weighted by atomic mass is 35.5. The number of halogens is 1. The Morgan fingerprint density at radius 1 is 1.27 bits per heavy atom. The van der Waals surface area contributed by atoms with Crippen LogP contribution in [0.2, 0.25) is 0 Å². The van der Waals surface area contributed by atoms with Crippen molar-refractivity contribution in [2.75, 3.05) is 18.4 Å². The molecule has 0 aliphatic carbocycles. The van der Waals surface area contributed by atoms with E-state index in [0.717, 1.165) is 12.1 Å². The Morgan fingerprint density at radius 2 is 2.04 bits per heavy atom. The summed E-state index contributed by atoms with van der Waals surface area (Å²) in [7, 11) is 0. The Balaban J connectivity index is 0.00000243. The number of aromatic nitrogens is 2. The first kappa shape index (κ1) is 19.9. The number of anilines is 1. The van der Waals surface area contributed by atoms with Gasteiger partial charge in [0.1, 0.15) is 6.10 Å². The summed E-state index contributed by atoms with van der Waals surface area (Å²) < 4.78 is 7.22. The van der Waals surface area contributed by atoms with Gasteiger partial charge in [-0.2, -0.15) is 5.10 Å². The van der Waals surface area contributed by atoms with Crippen molar-refractivity contribution in [2.24, 2.45) is 5.73 Å². The molecule has 1 aliphatic rings. The SMILES string of the molecule is Cl.NC[C@H]1CC[C@@H](C(=O)NCC(=O)Nc2ccc(-n3cccn3)cc2)O1. The van der Waals surface area contributed by atoms with Gasteiger partial charge in [-0.15, -0.1) is 12.4 Å². The molecule has 1 aliphatic heterocycles. The standard InChI is InChI=1S/C17H21N5O3.ClH/c18-10-14-6-7-15(25-14)17(24)19-11-16(23)21-12-2-4-13(5-3-12)22-9-1-8-20-22;/h1-5,8-9,14-15H,6-7,10-11,18H2,(H,19,24)(H,21,23);1H/t14-,15+;/m1./s1. The molecule has 2 heterocycles. The molecular formula is C17H22ClN5O3. The Hall–Kier alpha value is -2.42. The first-order chi connectivity index (χ1) is 12.2. The van der Waals surface area contributed by atoms with Crippen LogP contribution in [0.15, 0.2) is 42.7 Å². The lowest BCUT2D eigenvalue weighted by atomic mass is 10.2. The number of hydrogen-bond donors (Lipinski definition) is 3. The molecule has 3 rings (SSSR count). The van der Waals surface area contributed by atoms with Crippen molar-refractivity contribution >= 4 is 29.9 Å². The van der Waals surface area contributed by atoms with Crippen molar-refractivity contribution in [1.29, 1.82) is 0 Å². The zero-order valence-electron chi connectivity index (χ0n) is 14.1. The lowest BCUT2D eigenvalue weighted by Gasteiger charge is -2.12. The minimum Gasteiger partial charge on any atom is -0.364 e. The van der Waals surface area contributed by atoms with Crippen molar-refractivity contribution in [3.05, 3.63) is 42.7 Å². The molecule has 140 valence electrons. The molecule has 26 heavy (non-hydrogen) atoms. The highest BCUT2D eigenvalue weighted by molar-refractivity contribution is 5.95. The van der Waals surface area contributed by atoms with Crippen LogP contribution in [-0.2, 0) is 14.3 Å². The summed E-state index contributed by atoms with van der Waals surface area (Å²) in [4.78, 5) is 23.9. The van der Waals surface area contributed by atoms with Gasteiger partial charge in [-0.25, -0.2) is 4.68 Å². The van der Waals surface area contributed by atoms with Crippen LogP contribution in [0.3, 0.4) is 0 Å². The number of carbonyl (C=O) groups excluding carboxylic acids is 2. The summed E-state index contributed by atoms with van der Waals surface area (Å²) in [5.74, 6) is -0.575. The summed E-state index contributed by atoms with van der Waals surface area (Å²) in [6.45, 7) is 0.297. The summed E-state index contributed by atoms with van der Waals surface area (Å²) in [5, 5.41) is 9.47. The van der Waals surface area contributed by atoms with E-state index in [0.29, 0.717) is 18.7 Å². The van der Waals surface area contributed by atoms with Gasteiger partial charge in [0.05, 0.1) is 18.3 Å².